The summed E-state index contributed by atoms with van der Waals surface area (Å²) in [6.07, 6.45) is 5.52. The molecule has 0 bridgehead atoms. The molecule has 1 N–H and O–H groups in total. The second kappa shape index (κ2) is 5.03. The third-order valence-electron chi connectivity index (χ3n) is 5.17. The Balaban J connectivity index is 0.000000602. The second-order valence-corrected chi connectivity index (χ2v) is 7.14. The first kappa shape index (κ1) is 14.2. The van der Waals surface area contributed by atoms with Crippen LogP contribution in [0.15, 0.2) is 24.4 Å². The number of carbonyl (C=O) groups excluding carboxylic acids is 1. The third kappa shape index (κ3) is 1.85. The molecule has 3 aliphatic rings. The van der Waals surface area contributed by atoms with Gasteiger partial charge in [0.25, 0.3) is 5.91 Å². The summed E-state index contributed by atoms with van der Waals surface area (Å²) in [5.74, 6) is 0.0795. The Bertz CT molecular complexity index is 689. The molecule has 2 aromatic rings. The molecule has 1 saturated carbocycles. The molecule has 2 unspecified atom stereocenters. The van der Waals surface area contributed by atoms with Crippen molar-refractivity contribution in [3.8, 4) is 0 Å². The lowest BCUT2D eigenvalue weighted by Gasteiger charge is -2.63. The molecular formula is C17H21N3OS. The summed E-state index contributed by atoms with van der Waals surface area (Å²) < 4.78 is 0. The summed E-state index contributed by atoms with van der Waals surface area (Å²) in [6, 6.07) is 6.86. The number of hydrogen-bond donors (Lipinski definition) is 1. The van der Waals surface area contributed by atoms with Crippen molar-refractivity contribution in [1.29, 1.82) is 0 Å². The highest BCUT2D eigenvalue weighted by atomic mass is 32.1. The molecule has 0 aromatic carbocycles. The van der Waals surface area contributed by atoms with Gasteiger partial charge in [-0.15, -0.1) is 11.3 Å². The average molecular weight is 315 g/mol. The molecular weight excluding hydrogens is 294 g/mol. The fourth-order valence-electron chi connectivity index (χ4n) is 3.92. The summed E-state index contributed by atoms with van der Waals surface area (Å²) in [5, 5.41) is 4.34. The lowest BCUT2D eigenvalue weighted by Crippen LogP contribution is -2.80. The zero-order chi connectivity index (χ0) is 15.3. The number of nitrogens with zero attached hydrogens (tertiary/aromatic N) is 2. The Labute approximate surface area is 134 Å². The number of carbonyl (C=O) groups is 1. The number of piperidine rings is 1. The zero-order valence-electron chi connectivity index (χ0n) is 13.0. The lowest BCUT2D eigenvalue weighted by molar-refractivity contribution is -0.113. The highest BCUT2D eigenvalue weighted by Crippen LogP contribution is 2.59. The van der Waals surface area contributed by atoms with E-state index in [1.54, 1.807) is 6.20 Å². The first-order chi connectivity index (χ1) is 10.8. The van der Waals surface area contributed by atoms with Gasteiger partial charge >= 0.3 is 0 Å². The van der Waals surface area contributed by atoms with Crippen LogP contribution in [0.2, 0.25) is 0 Å². The second-order valence-electron chi connectivity index (χ2n) is 6.11. The van der Waals surface area contributed by atoms with E-state index in [1.165, 1.54) is 37.1 Å². The Morgan fingerprint density at radius 3 is 2.91 bits per heavy atom. The molecule has 116 valence electrons. The number of hydrogen-bond acceptors (Lipinski definition) is 4. The number of amides is 1. The van der Waals surface area contributed by atoms with Gasteiger partial charge in [-0.2, -0.15) is 0 Å². The predicted octanol–water partition coefficient (Wildman–Crippen LogP) is 3.04. The summed E-state index contributed by atoms with van der Waals surface area (Å²) in [6.45, 7) is 5.23. The molecule has 2 saturated heterocycles. The van der Waals surface area contributed by atoms with E-state index in [1.807, 2.05) is 32.0 Å². The van der Waals surface area contributed by atoms with E-state index in [-0.39, 0.29) is 5.91 Å². The van der Waals surface area contributed by atoms with Gasteiger partial charge in [-0.05, 0) is 31.4 Å². The zero-order valence-corrected chi connectivity index (χ0v) is 13.8. The van der Waals surface area contributed by atoms with Crippen molar-refractivity contribution in [3.63, 3.8) is 0 Å². The largest absolute Gasteiger partial charge is 0.345 e. The van der Waals surface area contributed by atoms with Gasteiger partial charge in [0.2, 0.25) is 0 Å². The third-order valence-corrected chi connectivity index (χ3v) is 6.23. The molecule has 5 heteroatoms. The monoisotopic (exact) mass is 315 g/mol. The van der Waals surface area contributed by atoms with E-state index in [0.717, 1.165) is 15.1 Å². The number of fused-ring (bicyclic) bond motifs is 3. The van der Waals surface area contributed by atoms with Crippen LogP contribution in [-0.2, 0) is 0 Å². The molecule has 4 nitrogen and oxygen atoms in total. The lowest BCUT2D eigenvalue weighted by atomic mass is 9.75. The Hall–Kier alpha value is -1.46. The minimum atomic E-state index is 0.0795. The SMILES string of the molecule is CC.O=C(NC1C2CCN2C12CC2)c1cc2cccnc2s1. The summed E-state index contributed by atoms with van der Waals surface area (Å²) >= 11 is 1.49. The van der Waals surface area contributed by atoms with Crippen molar-refractivity contribution in [2.45, 2.75) is 50.7 Å². The van der Waals surface area contributed by atoms with Crippen molar-refractivity contribution in [3.05, 3.63) is 29.3 Å². The number of aromatic nitrogens is 1. The number of nitrogens with one attached hydrogen (secondary N) is 1. The quantitative estimate of drug-likeness (QED) is 0.926. The number of thiophene rings is 1. The Morgan fingerprint density at radius 2 is 2.27 bits per heavy atom. The highest BCUT2D eigenvalue weighted by molar-refractivity contribution is 7.20. The standard InChI is InChI=1S/C15H15N3OS.C2H6/c19-13(11-8-9-2-1-6-16-14(9)20-11)17-12-10-3-7-18(10)15(12)4-5-15;1-2/h1-2,6,8,10,12H,3-5,7H2,(H,17,19);1-2H3. The first-order valence-corrected chi connectivity index (χ1v) is 9.02. The topological polar surface area (TPSA) is 45.2 Å². The fraction of sp³-hybridized carbons (Fsp3) is 0.529. The Kier molecular flexibility index (Phi) is 3.24. The van der Waals surface area contributed by atoms with Crippen LogP contribution in [0.5, 0.6) is 0 Å². The van der Waals surface area contributed by atoms with Crippen molar-refractivity contribution in [1.82, 2.24) is 15.2 Å². The maximum Gasteiger partial charge on any atom is 0.261 e. The van der Waals surface area contributed by atoms with Crippen LogP contribution in [0.25, 0.3) is 10.2 Å². The fourth-order valence-corrected chi connectivity index (χ4v) is 4.82. The van der Waals surface area contributed by atoms with Gasteiger partial charge in [0.1, 0.15) is 4.83 Å². The van der Waals surface area contributed by atoms with Gasteiger partial charge in [0.05, 0.1) is 10.9 Å². The highest BCUT2D eigenvalue weighted by Gasteiger charge is 2.70. The molecule has 4 heterocycles. The minimum absolute atomic E-state index is 0.0795. The number of pyridine rings is 1. The van der Waals surface area contributed by atoms with Crippen LogP contribution in [0.3, 0.4) is 0 Å². The van der Waals surface area contributed by atoms with Crippen molar-refractivity contribution in [2.24, 2.45) is 0 Å². The van der Waals surface area contributed by atoms with Gasteiger partial charge in [-0.3, -0.25) is 9.69 Å². The molecule has 0 radical (unpaired) electrons. The van der Waals surface area contributed by atoms with E-state index in [4.69, 9.17) is 0 Å². The van der Waals surface area contributed by atoms with Crippen LogP contribution in [0.1, 0.15) is 42.8 Å². The van der Waals surface area contributed by atoms with Gasteiger partial charge in [0, 0.05) is 29.7 Å². The predicted molar refractivity (Wildman–Crippen MR) is 89.3 cm³/mol. The van der Waals surface area contributed by atoms with Gasteiger partial charge in [0.15, 0.2) is 0 Å². The molecule has 2 atom stereocenters. The molecule has 2 aromatic heterocycles. The van der Waals surface area contributed by atoms with E-state index < -0.39 is 0 Å². The molecule has 2 aliphatic heterocycles. The maximum absolute atomic E-state index is 12.5. The van der Waals surface area contributed by atoms with Crippen LogP contribution in [-0.4, -0.2) is 40.0 Å². The summed E-state index contributed by atoms with van der Waals surface area (Å²) in [7, 11) is 0. The molecule has 1 amide bonds. The minimum Gasteiger partial charge on any atom is -0.345 e. The molecule has 5 rings (SSSR count). The summed E-state index contributed by atoms with van der Waals surface area (Å²) in [5.41, 5.74) is 0.341. The van der Waals surface area contributed by atoms with Crippen LogP contribution >= 0.6 is 11.3 Å². The van der Waals surface area contributed by atoms with Crippen molar-refractivity contribution in [2.75, 3.05) is 6.54 Å². The molecule has 1 spiro atoms. The molecule has 22 heavy (non-hydrogen) atoms. The number of rotatable bonds is 2. The van der Waals surface area contributed by atoms with E-state index in [9.17, 15) is 4.79 Å². The Morgan fingerprint density at radius 1 is 1.45 bits per heavy atom. The molecule has 1 aliphatic carbocycles. The van der Waals surface area contributed by atoms with Gasteiger partial charge < -0.3 is 5.32 Å². The van der Waals surface area contributed by atoms with Gasteiger partial charge in [-0.1, -0.05) is 19.9 Å². The maximum atomic E-state index is 12.5. The van der Waals surface area contributed by atoms with Crippen molar-refractivity contribution < 1.29 is 4.79 Å². The van der Waals surface area contributed by atoms with E-state index in [2.05, 4.69) is 15.2 Å². The molecule has 3 fully saturated rings. The van der Waals surface area contributed by atoms with E-state index in [0.29, 0.717) is 17.6 Å². The smallest absolute Gasteiger partial charge is 0.261 e. The average Bonchev–Trinajstić information content (AvgIpc) is 3.19. The van der Waals surface area contributed by atoms with Crippen LogP contribution in [0.4, 0.5) is 0 Å². The van der Waals surface area contributed by atoms with Crippen LogP contribution in [0, 0.1) is 0 Å². The summed E-state index contributed by atoms with van der Waals surface area (Å²) in [4.78, 5) is 21.1. The normalized spacial score (nSPS) is 27.2. The van der Waals surface area contributed by atoms with E-state index >= 15 is 0 Å². The first-order valence-electron chi connectivity index (χ1n) is 8.20. The van der Waals surface area contributed by atoms with Gasteiger partial charge in [-0.25, -0.2) is 4.98 Å². The van der Waals surface area contributed by atoms with Crippen LogP contribution < -0.4 is 5.32 Å². The van der Waals surface area contributed by atoms with Crippen molar-refractivity contribution >= 4 is 27.5 Å².